The summed E-state index contributed by atoms with van der Waals surface area (Å²) < 4.78 is 2.10. The molecule has 1 aromatic carbocycles. The van der Waals surface area contributed by atoms with Crippen LogP contribution in [0.1, 0.15) is 5.56 Å². The second-order valence-electron chi connectivity index (χ2n) is 4.09. The fourth-order valence-electron chi connectivity index (χ4n) is 1.68. The predicted octanol–water partition coefficient (Wildman–Crippen LogP) is -0.328. The highest BCUT2D eigenvalue weighted by molar-refractivity contribution is 5.57. The van der Waals surface area contributed by atoms with Crippen molar-refractivity contribution in [2.45, 2.75) is 0 Å². The molecule has 0 atom stereocenters. The summed E-state index contributed by atoms with van der Waals surface area (Å²) in [6, 6.07) is 16.5. The Labute approximate surface area is 115 Å². The van der Waals surface area contributed by atoms with Gasteiger partial charge >= 0.3 is 0 Å². The zero-order valence-electron chi connectivity index (χ0n) is 10.6. The van der Waals surface area contributed by atoms with Gasteiger partial charge in [-0.25, -0.2) is 4.57 Å². The minimum Gasteiger partial charge on any atom is -1.00 e. The first-order chi connectivity index (χ1) is 8.27. The molecule has 2 nitrogen and oxygen atoms in total. The molecule has 0 spiro atoms. The third kappa shape index (κ3) is 3.60. The number of hydrogen-bond donors (Lipinski definition) is 0. The summed E-state index contributed by atoms with van der Waals surface area (Å²) in [4.78, 5) is 2.09. The zero-order valence-corrected chi connectivity index (χ0v) is 11.4. The lowest BCUT2D eigenvalue weighted by atomic mass is 10.2. The van der Waals surface area contributed by atoms with Gasteiger partial charge in [0.15, 0.2) is 0 Å². The molecular weight excluding hydrogens is 244 g/mol. The van der Waals surface area contributed by atoms with Gasteiger partial charge in [-0.3, -0.25) is 4.90 Å². The molecule has 2 aromatic rings. The number of rotatable bonds is 3. The van der Waals surface area contributed by atoms with Gasteiger partial charge in [0.1, 0.15) is 0 Å². The largest absolute Gasteiger partial charge is 1.00 e. The van der Waals surface area contributed by atoms with Crippen molar-refractivity contribution in [1.29, 1.82) is 0 Å². The van der Waals surface area contributed by atoms with E-state index in [-0.39, 0.29) is 12.4 Å². The van der Waals surface area contributed by atoms with Crippen LogP contribution in [0, 0.1) is 0 Å². The second-order valence-corrected chi connectivity index (χ2v) is 4.09. The number of anilines is 1. The lowest BCUT2D eigenvalue weighted by molar-refractivity contribution is -0.553. The molecule has 0 aliphatic rings. The molecule has 18 heavy (non-hydrogen) atoms. The number of hydrogen-bond acceptors (Lipinski definition) is 1. The van der Waals surface area contributed by atoms with E-state index in [9.17, 15) is 0 Å². The van der Waals surface area contributed by atoms with Gasteiger partial charge in [0.2, 0.25) is 0 Å². The summed E-state index contributed by atoms with van der Waals surface area (Å²) in [5.74, 6) is 1.15. The van der Waals surface area contributed by atoms with E-state index >= 15 is 0 Å². The maximum atomic E-state index is 2.10. The van der Waals surface area contributed by atoms with E-state index in [0.717, 1.165) is 5.82 Å². The Kier molecular flexibility index (Phi) is 5.40. The number of aromatic nitrogens is 1. The first kappa shape index (κ1) is 14.3. The number of pyridine rings is 1. The molecule has 1 heterocycles. The van der Waals surface area contributed by atoms with E-state index in [2.05, 4.69) is 46.1 Å². The zero-order chi connectivity index (χ0) is 12.1. The van der Waals surface area contributed by atoms with Crippen LogP contribution in [0.4, 0.5) is 5.82 Å². The van der Waals surface area contributed by atoms with E-state index in [1.807, 2.05) is 44.4 Å². The standard InChI is InChI=1S/C15H17N2.ClH/c1-16(2)15-10-6-7-12-17(15)13-11-14-8-4-3-5-9-14;/h3-13H,1-2H3;1H/q+1;/p-1. The molecule has 0 saturated carbocycles. The molecule has 0 N–H and O–H groups in total. The molecule has 94 valence electrons. The molecule has 0 saturated heterocycles. The van der Waals surface area contributed by atoms with Crippen molar-refractivity contribution in [3.8, 4) is 0 Å². The van der Waals surface area contributed by atoms with Crippen LogP contribution in [0.3, 0.4) is 0 Å². The van der Waals surface area contributed by atoms with Crippen LogP contribution in [0.2, 0.25) is 0 Å². The molecule has 2 rings (SSSR count). The van der Waals surface area contributed by atoms with Crippen LogP contribution < -0.4 is 21.9 Å². The van der Waals surface area contributed by atoms with Crippen molar-refractivity contribution in [2.75, 3.05) is 19.0 Å². The normalized spacial score (nSPS) is 10.1. The number of nitrogens with zero attached hydrogens (tertiary/aromatic N) is 2. The summed E-state index contributed by atoms with van der Waals surface area (Å²) >= 11 is 0. The molecule has 0 aliphatic carbocycles. The van der Waals surface area contributed by atoms with Crippen molar-refractivity contribution in [2.24, 2.45) is 0 Å². The fraction of sp³-hybridized carbons (Fsp3) is 0.133. The van der Waals surface area contributed by atoms with Gasteiger partial charge in [-0.15, -0.1) is 0 Å². The third-order valence-electron chi connectivity index (χ3n) is 2.55. The molecular formula is C15H17ClN2. The first-order valence-corrected chi connectivity index (χ1v) is 5.68. The van der Waals surface area contributed by atoms with Crippen LogP contribution >= 0.6 is 0 Å². The molecule has 0 radical (unpaired) electrons. The van der Waals surface area contributed by atoms with Crippen molar-refractivity contribution in [1.82, 2.24) is 0 Å². The summed E-state index contributed by atoms with van der Waals surface area (Å²) in [5.41, 5.74) is 1.20. The maximum absolute atomic E-state index is 2.10. The molecule has 0 aliphatic heterocycles. The van der Waals surface area contributed by atoms with E-state index in [0.29, 0.717) is 0 Å². The summed E-state index contributed by atoms with van der Waals surface area (Å²) in [5, 5.41) is 0. The molecule has 0 amide bonds. The Balaban J connectivity index is 0.00000162. The summed E-state index contributed by atoms with van der Waals surface area (Å²) in [6.45, 7) is 0. The Hall–Kier alpha value is -1.80. The van der Waals surface area contributed by atoms with Crippen molar-refractivity contribution in [3.63, 3.8) is 0 Å². The molecule has 0 bridgehead atoms. The molecule has 3 heteroatoms. The number of benzene rings is 1. The summed E-state index contributed by atoms with van der Waals surface area (Å²) in [6.07, 6.45) is 6.23. The van der Waals surface area contributed by atoms with Crippen LogP contribution in [0.15, 0.2) is 54.7 Å². The highest BCUT2D eigenvalue weighted by Gasteiger charge is 2.06. The highest BCUT2D eigenvalue weighted by atomic mass is 35.5. The van der Waals surface area contributed by atoms with Crippen LogP contribution in [-0.4, -0.2) is 14.1 Å². The quantitative estimate of drug-likeness (QED) is 0.686. The minimum atomic E-state index is 0. The van der Waals surface area contributed by atoms with Gasteiger partial charge in [-0.05, 0) is 17.7 Å². The number of halogens is 1. The average molecular weight is 261 g/mol. The van der Waals surface area contributed by atoms with E-state index < -0.39 is 0 Å². The monoisotopic (exact) mass is 260 g/mol. The smallest absolute Gasteiger partial charge is 0.280 e. The first-order valence-electron chi connectivity index (χ1n) is 5.68. The lowest BCUT2D eigenvalue weighted by Crippen LogP contribution is -3.00. The van der Waals surface area contributed by atoms with Gasteiger partial charge in [0.25, 0.3) is 5.82 Å². The van der Waals surface area contributed by atoms with Gasteiger partial charge in [-0.2, -0.15) is 0 Å². The topological polar surface area (TPSA) is 7.12 Å². The van der Waals surface area contributed by atoms with Gasteiger partial charge in [0.05, 0.1) is 26.5 Å². The van der Waals surface area contributed by atoms with Crippen molar-refractivity contribution in [3.05, 3.63) is 60.3 Å². The molecule has 1 aromatic heterocycles. The second kappa shape index (κ2) is 6.82. The van der Waals surface area contributed by atoms with E-state index in [4.69, 9.17) is 0 Å². The average Bonchev–Trinajstić information content (AvgIpc) is 2.38. The third-order valence-corrected chi connectivity index (χ3v) is 2.55. The maximum Gasteiger partial charge on any atom is 0.280 e. The molecule has 0 fully saturated rings. The van der Waals surface area contributed by atoms with Gasteiger partial charge < -0.3 is 12.4 Å². The van der Waals surface area contributed by atoms with Gasteiger partial charge in [0, 0.05) is 6.07 Å². The minimum absolute atomic E-state index is 0. The Morgan fingerprint density at radius 3 is 2.28 bits per heavy atom. The Bertz CT molecular complexity index is 507. The van der Waals surface area contributed by atoms with E-state index in [1.165, 1.54) is 5.56 Å². The highest BCUT2D eigenvalue weighted by Crippen LogP contribution is 2.05. The van der Waals surface area contributed by atoms with Crippen molar-refractivity contribution >= 4 is 18.1 Å². The molecule has 0 unspecified atom stereocenters. The lowest BCUT2D eigenvalue weighted by Gasteiger charge is -2.07. The Morgan fingerprint density at radius 2 is 1.61 bits per heavy atom. The summed E-state index contributed by atoms with van der Waals surface area (Å²) in [7, 11) is 4.09. The van der Waals surface area contributed by atoms with E-state index in [1.54, 1.807) is 0 Å². The predicted molar refractivity (Wildman–Crippen MR) is 72.6 cm³/mol. The van der Waals surface area contributed by atoms with Crippen molar-refractivity contribution < 1.29 is 17.0 Å². The van der Waals surface area contributed by atoms with Gasteiger partial charge in [-0.1, -0.05) is 36.4 Å². The fourth-order valence-corrected chi connectivity index (χ4v) is 1.68. The Morgan fingerprint density at radius 1 is 0.944 bits per heavy atom. The SMILES string of the molecule is CN(C)c1cccc[n+]1C=Cc1ccccc1.[Cl-]. The van der Waals surface area contributed by atoms with Crippen LogP contribution in [0.5, 0.6) is 0 Å². The van der Waals surface area contributed by atoms with Crippen LogP contribution in [0.25, 0.3) is 12.3 Å². The van der Waals surface area contributed by atoms with Crippen LogP contribution in [-0.2, 0) is 0 Å².